The number of rotatable bonds is 5. The highest BCUT2D eigenvalue weighted by Crippen LogP contribution is 2.24. The lowest BCUT2D eigenvalue weighted by Crippen LogP contribution is -2.34. The molecule has 3 N–H and O–H groups in total. The predicted molar refractivity (Wildman–Crippen MR) is 100 cm³/mol. The van der Waals surface area contributed by atoms with Gasteiger partial charge in [-0.3, -0.25) is 4.79 Å². The van der Waals surface area contributed by atoms with Crippen molar-refractivity contribution in [1.82, 2.24) is 4.90 Å². The number of nitrogens with two attached hydrogens (primary N) is 1. The summed E-state index contributed by atoms with van der Waals surface area (Å²) in [6.45, 7) is 1.33. The van der Waals surface area contributed by atoms with Crippen molar-refractivity contribution >= 4 is 23.6 Å². The number of urea groups is 1. The average molecular weight is 367 g/mol. The molecule has 27 heavy (non-hydrogen) atoms. The van der Waals surface area contributed by atoms with E-state index in [9.17, 15) is 14.4 Å². The Bertz CT molecular complexity index is 832. The number of nitrogens with one attached hydrogen (secondary N) is 1. The van der Waals surface area contributed by atoms with Crippen LogP contribution in [0.1, 0.15) is 34.9 Å². The maximum absolute atomic E-state index is 12.9. The molecule has 1 aliphatic rings. The fraction of sp³-hybridized carbons (Fsp3) is 0.250. The first-order valence-electron chi connectivity index (χ1n) is 8.76. The van der Waals surface area contributed by atoms with Crippen molar-refractivity contribution in [3.63, 3.8) is 0 Å². The van der Waals surface area contributed by atoms with E-state index in [0.717, 1.165) is 12.8 Å². The number of ether oxygens (including phenoxy) is 1. The Morgan fingerprint density at radius 1 is 1.00 bits per heavy atom. The van der Waals surface area contributed by atoms with Crippen molar-refractivity contribution in [3.05, 3.63) is 65.7 Å². The topological polar surface area (TPSA) is 102 Å². The van der Waals surface area contributed by atoms with Crippen LogP contribution in [0.4, 0.5) is 10.5 Å². The summed E-state index contributed by atoms with van der Waals surface area (Å²) in [4.78, 5) is 38.3. The molecule has 140 valence electrons. The molecule has 0 radical (unpaired) electrons. The fourth-order valence-corrected chi connectivity index (χ4v) is 3.03. The summed E-state index contributed by atoms with van der Waals surface area (Å²) in [6, 6.07) is 14.4. The first-order valence-corrected chi connectivity index (χ1v) is 8.76. The van der Waals surface area contributed by atoms with Gasteiger partial charge >= 0.3 is 12.0 Å². The van der Waals surface area contributed by atoms with E-state index in [1.165, 1.54) is 6.07 Å². The third-order valence-corrected chi connectivity index (χ3v) is 4.34. The van der Waals surface area contributed by atoms with E-state index in [4.69, 9.17) is 10.5 Å². The molecular formula is C20H21N3O4. The maximum atomic E-state index is 12.9. The highest BCUT2D eigenvalue weighted by atomic mass is 16.5. The SMILES string of the molecule is NC(=O)Nc1cccc(C(=O)O[C@H](C(=O)N2CCCC2)c2ccccc2)c1. The van der Waals surface area contributed by atoms with Crippen molar-refractivity contribution < 1.29 is 19.1 Å². The molecule has 3 rings (SSSR count). The molecule has 0 bridgehead atoms. The molecule has 0 aliphatic carbocycles. The van der Waals surface area contributed by atoms with E-state index in [1.54, 1.807) is 47.4 Å². The minimum atomic E-state index is -1.01. The van der Waals surface area contributed by atoms with E-state index in [0.29, 0.717) is 24.3 Å². The lowest BCUT2D eigenvalue weighted by atomic mass is 10.1. The first-order chi connectivity index (χ1) is 13.0. The maximum Gasteiger partial charge on any atom is 0.339 e. The molecular weight excluding hydrogens is 346 g/mol. The zero-order valence-electron chi connectivity index (χ0n) is 14.8. The van der Waals surface area contributed by atoms with Crippen LogP contribution in [0.25, 0.3) is 0 Å². The molecule has 7 nitrogen and oxygen atoms in total. The van der Waals surface area contributed by atoms with E-state index in [-0.39, 0.29) is 11.5 Å². The monoisotopic (exact) mass is 367 g/mol. The van der Waals surface area contributed by atoms with E-state index in [2.05, 4.69) is 5.32 Å². The van der Waals surface area contributed by atoms with E-state index >= 15 is 0 Å². The van der Waals surface area contributed by atoms with Gasteiger partial charge in [-0.25, -0.2) is 9.59 Å². The molecule has 0 saturated carbocycles. The molecule has 2 aromatic rings. The Morgan fingerprint density at radius 2 is 1.70 bits per heavy atom. The number of nitrogens with zero attached hydrogens (tertiary/aromatic N) is 1. The summed E-state index contributed by atoms with van der Waals surface area (Å²) in [5.74, 6) is -0.872. The van der Waals surface area contributed by atoms with Gasteiger partial charge in [-0.1, -0.05) is 36.4 Å². The van der Waals surface area contributed by atoms with Gasteiger partial charge in [0.15, 0.2) is 0 Å². The summed E-state index contributed by atoms with van der Waals surface area (Å²) in [5.41, 5.74) is 6.31. The van der Waals surface area contributed by atoms with Crippen LogP contribution in [-0.2, 0) is 9.53 Å². The zero-order valence-corrected chi connectivity index (χ0v) is 14.8. The van der Waals surface area contributed by atoms with Crippen LogP contribution in [0.3, 0.4) is 0 Å². The number of hydrogen-bond donors (Lipinski definition) is 2. The van der Waals surface area contributed by atoms with Gasteiger partial charge in [0.1, 0.15) is 0 Å². The number of benzene rings is 2. The van der Waals surface area contributed by atoms with E-state index in [1.807, 2.05) is 6.07 Å². The minimum Gasteiger partial charge on any atom is -0.444 e. The normalized spacial score (nSPS) is 14.4. The number of primary amides is 1. The van der Waals surface area contributed by atoms with Gasteiger partial charge in [-0.15, -0.1) is 0 Å². The van der Waals surface area contributed by atoms with Crippen molar-refractivity contribution in [2.45, 2.75) is 18.9 Å². The number of likely N-dealkylation sites (tertiary alicyclic amines) is 1. The quantitative estimate of drug-likeness (QED) is 0.793. The lowest BCUT2D eigenvalue weighted by molar-refractivity contribution is -0.140. The van der Waals surface area contributed by atoms with E-state index < -0.39 is 18.1 Å². The number of carbonyl (C=O) groups is 3. The molecule has 3 amide bonds. The Hall–Kier alpha value is -3.35. The average Bonchev–Trinajstić information content (AvgIpc) is 3.20. The minimum absolute atomic E-state index is 0.219. The molecule has 1 heterocycles. The summed E-state index contributed by atoms with van der Waals surface area (Å²) in [6.07, 6.45) is 0.883. The van der Waals surface area contributed by atoms with Crippen molar-refractivity contribution in [2.24, 2.45) is 5.73 Å². The Kier molecular flexibility index (Phi) is 5.71. The second-order valence-corrected chi connectivity index (χ2v) is 6.30. The van der Waals surface area contributed by atoms with Crippen LogP contribution in [0, 0.1) is 0 Å². The highest BCUT2D eigenvalue weighted by molar-refractivity contribution is 5.95. The van der Waals surface area contributed by atoms with Gasteiger partial charge in [0.25, 0.3) is 5.91 Å². The van der Waals surface area contributed by atoms with Gasteiger partial charge in [0, 0.05) is 24.3 Å². The molecule has 2 aromatic carbocycles. The number of amides is 3. The Labute approximate surface area is 157 Å². The third-order valence-electron chi connectivity index (χ3n) is 4.34. The smallest absolute Gasteiger partial charge is 0.339 e. The summed E-state index contributed by atoms with van der Waals surface area (Å²) >= 11 is 0. The lowest BCUT2D eigenvalue weighted by Gasteiger charge is -2.23. The largest absolute Gasteiger partial charge is 0.444 e. The second-order valence-electron chi connectivity index (χ2n) is 6.30. The molecule has 1 fully saturated rings. The predicted octanol–water partition coefficient (Wildman–Crippen LogP) is 2.70. The molecule has 0 unspecified atom stereocenters. The summed E-state index contributed by atoms with van der Waals surface area (Å²) in [7, 11) is 0. The van der Waals surface area contributed by atoms with Gasteiger partial charge in [0.2, 0.25) is 6.10 Å². The van der Waals surface area contributed by atoms with Gasteiger partial charge < -0.3 is 20.7 Å². The molecule has 0 spiro atoms. The standard InChI is InChI=1S/C20H21N3O4/c21-20(26)22-16-10-6-9-15(13-16)19(25)27-17(14-7-2-1-3-8-14)18(24)23-11-4-5-12-23/h1-3,6-10,13,17H,4-5,11-12H2,(H3,21,22,26)/t17-/m0/s1. The molecule has 1 saturated heterocycles. The zero-order chi connectivity index (χ0) is 19.2. The highest BCUT2D eigenvalue weighted by Gasteiger charge is 2.31. The number of hydrogen-bond acceptors (Lipinski definition) is 4. The molecule has 0 aromatic heterocycles. The van der Waals surface area contributed by atoms with Gasteiger partial charge in [-0.2, -0.15) is 0 Å². The Balaban J connectivity index is 1.82. The van der Waals surface area contributed by atoms with Crippen LogP contribution in [-0.4, -0.2) is 35.9 Å². The number of esters is 1. The Morgan fingerprint density at radius 3 is 2.37 bits per heavy atom. The van der Waals surface area contributed by atoms with Crippen molar-refractivity contribution in [1.29, 1.82) is 0 Å². The fourth-order valence-electron chi connectivity index (χ4n) is 3.03. The molecule has 1 aliphatic heterocycles. The van der Waals surface area contributed by atoms with Crippen LogP contribution in [0.5, 0.6) is 0 Å². The molecule has 1 atom stereocenters. The van der Waals surface area contributed by atoms with Crippen LogP contribution in [0.2, 0.25) is 0 Å². The molecule has 7 heteroatoms. The van der Waals surface area contributed by atoms with Crippen LogP contribution in [0.15, 0.2) is 54.6 Å². The first kappa shape index (κ1) is 18.4. The van der Waals surface area contributed by atoms with Crippen LogP contribution >= 0.6 is 0 Å². The van der Waals surface area contributed by atoms with Gasteiger partial charge in [-0.05, 0) is 31.0 Å². The number of anilines is 1. The summed E-state index contributed by atoms with van der Waals surface area (Å²) < 4.78 is 5.58. The van der Waals surface area contributed by atoms with Crippen LogP contribution < -0.4 is 11.1 Å². The number of carbonyl (C=O) groups excluding carboxylic acids is 3. The van der Waals surface area contributed by atoms with Gasteiger partial charge in [0.05, 0.1) is 5.56 Å². The van der Waals surface area contributed by atoms with Crippen molar-refractivity contribution in [2.75, 3.05) is 18.4 Å². The third kappa shape index (κ3) is 4.63. The summed E-state index contributed by atoms with van der Waals surface area (Å²) in [5, 5.41) is 2.41. The van der Waals surface area contributed by atoms with Crippen molar-refractivity contribution in [3.8, 4) is 0 Å². The second kappa shape index (κ2) is 8.35.